The Bertz CT molecular complexity index is 971. The van der Waals surface area contributed by atoms with E-state index < -0.39 is 5.43 Å². The second-order valence-electron chi connectivity index (χ2n) is 7.37. The van der Waals surface area contributed by atoms with Crippen LogP contribution in [0.25, 0.3) is 22.3 Å². The average Bonchev–Trinajstić information content (AvgIpc) is 2.52. The first-order chi connectivity index (χ1) is 11.2. The largest absolute Gasteiger partial charge is 0.502 e. The van der Waals surface area contributed by atoms with Crippen LogP contribution in [0.15, 0.2) is 45.6 Å². The minimum Gasteiger partial charge on any atom is -0.502 e. The third-order valence-electron chi connectivity index (χ3n) is 4.50. The van der Waals surface area contributed by atoms with Crippen LogP contribution in [0, 0.1) is 13.8 Å². The van der Waals surface area contributed by atoms with Gasteiger partial charge in [-0.05, 0) is 48.1 Å². The van der Waals surface area contributed by atoms with Gasteiger partial charge in [-0.15, -0.1) is 0 Å². The molecule has 124 valence electrons. The maximum absolute atomic E-state index is 12.5. The highest BCUT2D eigenvalue weighted by molar-refractivity contribution is 5.83. The molecule has 3 rings (SSSR count). The first-order valence-corrected chi connectivity index (χ1v) is 8.06. The van der Waals surface area contributed by atoms with E-state index in [1.165, 1.54) is 5.56 Å². The summed E-state index contributed by atoms with van der Waals surface area (Å²) in [4.78, 5) is 12.5. The molecule has 1 aromatic heterocycles. The van der Waals surface area contributed by atoms with E-state index in [-0.39, 0.29) is 16.9 Å². The molecule has 3 aromatic rings. The molecular formula is C21H22O3. The molecule has 1 N–H and O–H groups in total. The van der Waals surface area contributed by atoms with Gasteiger partial charge in [-0.2, -0.15) is 0 Å². The van der Waals surface area contributed by atoms with E-state index in [2.05, 4.69) is 20.8 Å². The molecule has 24 heavy (non-hydrogen) atoms. The number of hydrogen-bond acceptors (Lipinski definition) is 3. The number of hydrogen-bond donors (Lipinski definition) is 1. The van der Waals surface area contributed by atoms with Crippen molar-refractivity contribution in [1.29, 1.82) is 0 Å². The molecule has 3 heteroatoms. The van der Waals surface area contributed by atoms with Crippen LogP contribution in [0.3, 0.4) is 0 Å². The zero-order valence-electron chi connectivity index (χ0n) is 14.7. The maximum Gasteiger partial charge on any atom is 0.235 e. The third kappa shape index (κ3) is 2.71. The van der Waals surface area contributed by atoms with Crippen molar-refractivity contribution in [1.82, 2.24) is 0 Å². The van der Waals surface area contributed by atoms with Gasteiger partial charge in [-0.3, -0.25) is 4.79 Å². The van der Waals surface area contributed by atoms with Crippen molar-refractivity contribution in [3.05, 3.63) is 63.3 Å². The normalized spacial score (nSPS) is 11.9. The first kappa shape index (κ1) is 16.3. The standard InChI is InChI=1S/C21H22O3/c1-12-10-16-17(11-13(12)2)24-20(19(23)18(16)22)14-6-8-15(9-7-14)21(3,4)5/h6-11,23H,1-5H3. The summed E-state index contributed by atoms with van der Waals surface area (Å²) in [6.45, 7) is 10.3. The lowest BCUT2D eigenvalue weighted by Crippen LogP contribution is -2.10. The van der Waals surface area contributed by atoms with Gasteiger partial charge in [0.1, 0.15) is 5.58 Å². The Labute approximate surface area is 141 Å². The van der Waals surface area contributed by atoms with Crippen molar-refractivity contribution < 1.29 is 9.52 Å². The summed E-state index contributed by atoms with van der Waals surface area (Å²) in [7, 11) is 0. The van der Waals surface area contributed by atoms with Gasteiger partial charge in [0.05, 0.1) is 5.39 Å². The monoisotopic (exact) mass is 322 g/mol. The van der Waals surface area contributed by atoms with Crippen LogP contribution < -0.4 is 5.43 Å². The molecule has 1 heterocycles. The van der Waals surface area contributed by atoms with Crippen LogP contribution >= 0.6 is 0 Å². The fourth-order valence-corrected chi connectivity index (χ4v) is 2.76. The summed E-state index contributed by atoms with van der Waals surface area (Å²) in [6, 6.07) is 11.4. The Kier molecular flexibility index (Phi) is 3.75. The van der Waals surface area contributed by atoms with Gasteiger partial charge < -0.3 is 9.52 Å². The van der Waals surface area contributed by atoms with Crippen LogP contribution in [-0.4, -0.2) is 5.11 Å². The van der Waals surface area contributed by atoms with E-state index >= 15 is 0 Å². The summed E-state index contributed by atoms with van der Waals surface area (Å²) in [5.41, 5.74) is 4.06. The van der Waals surface area contributed by atoms with Crippen molar-refractivity contribution in [2.45, 2.75) is 40.0 Å². The SMILES string of the molecule is Cc1cc2oc(-c3ccc(C(C)(C)C)cc3)c(O)c(=O)c2cc1C. The molecule has 0 unspecified atom stereocenters. The lowest BCUT2D eigenvalue weighted by molar-refractivity contribution is 0.449. The van der Waals surface area contributed by atoms with E-state index in [1.807, 2.05) is 44.2 Å². The Morgan fingerprint density at radius 3 is 2.12 bits per heavy atom. The Morgan fingerprint density at radius 2 is 1.54 bits per heavy atom. The summed E-state index contributed by atoms with van der Waals surface area (Å²) in [6.07, 6.45) is 0. The first-order valence-electron chi connectivity index (χ1n) is 8.06. The molecule has 0 fully saturated rings. The molecule has 2 aromatic carbocycles. The molecule has 0 saturated heterocycles. The highest BCUT2D eigenvalue weighted by Crippen LogP contribution is 2.32. The van der Waals surface area contributed by atoms with Crippen LogP contribution in [0.5, 0.6) is 5.75 Å². The highest BCUT2D eigenvalue weighted by Gasteiger charge is 2.18. The second kappa shape index (κ2) is 5.52. The van der Waals surface area contributed by atoms with Crippen molar-refractivity contribution in [2.24, 2.45) is 0 Å². The Morgan fingerprint density at radius 1 is 0.958 bits per heavy atom. The van der Waals surface area contributed by atoms with Gasteiger partial charge in [0.25, 0.3) is 0 Å². The van der Waals surface area contributed by atoms with Gasteiger partial charge in [-0.1, -0.05) is 45.0 Å². The Balaban J connectivity index is 2.21. The second-order valence-corrected chi connectivity index (χ2v) is 7.37. The van der Waals surface area contributed by atoms with Gasteiger partial charge >= 0.3 is 0 Å². The van der Waals surface area contributed by atoms with E-state index in [0.29, 0.717) is 16.5 Å². The van der Waals surface area contributed by atoms with Gasteiger partial charge in [0, 0.05) is 5.56 Å². The molecule has 0 radical (unpaired) electrons. The predicted molar refractivity (Wildman–Crippen MR) is 97.8 cm³/mol. The van der Waals surface area contributed by atoms with E-state index in [0.717, 1.165) is 11.1 Å². The van der Waals surface area contributed by atoms with Crippen LogP contribution in [0.4, 0.5) is 0 Å². The van der Waals surface area contributed by atoms with Crippen molar-refractivity contribution in [3.8, 4) is 17.1 Å². The van der Waals surface area contributed by atoms with E-state index in [9.17, 15) is 9.90 Å². The number of aromatic hydroxyl groups is 1. The van der Waals surface area contributed by atoms with Gasteiger partial charge in [0.15, 0.2) is 5.76 Å². The Hall–Kier alpha value is -2.55. The maximum atomic E-state index is 12.5. The predicted octanol–water partition coefficient (Wildman–Crippen LogP) is 5.08. The molecule has 0 amide bonds. The van der Waals surface area contributed by atoms with Gasteiger partial charge in [0.2, 0.25) is 11.2 Å². The summed E-state index contributed by atoms with van der Waals surface area (Å²) < 4.78 is 5.87. The molecule has 0 saturated carbocycles. The van der Waals surface area contributed by atoms with Crippen molar-refractivity contribution in [2.75, 3.05) is 0 Å². The van der Waals surface area contributed by atoms with Gasteiger partial charge in [-0.25, -0.2) is 0 Å². The summed E-state index contributed by atoms with van der Waals surface area (Å²) in [5, 5.41) is 10.7. The fraction of sp³-hybridized carbons (Fsp3) is 0.286. The molecule has 0 bridgehead atoms. The minimum absolute atomic E-state index is 0.0411. The van der Waals surface area contributed by atoms with Crippen molar-refractivity contribution in [3.63, 3.8) is 0 Å². The molecule has 0 spiro atoms. The number of rotatable bonds is 1. The van der Waals surface area contributed by atoms with E-state index in [1.54, 1.807) is 6.07 Å². The fourth-order valence-electron chi connectivity index (χ4n) is 2.76. The summed E-state index contributed by atoms with van der Waals surface area (Å²) >= 11 is 0. The highest BCUT2D eigenvalue weighted by atomic mass is 16.4. The molecular weight excluding hydrogens is 300 g/mol. The molecule has 0 atom stereocenters. The lowest BCUT2D eigenvalue weighted by Gasteiger charge is -2.19. The minimum atomic E-state index is -0.394. The third-order valence-corrected chi connectivity index (χ3v) is 4.50. The molecule has 0 aliphatic carbocycles. The molecule has 0 aliphatic rings. The number of aryl methyl sites for hydroxylation is 2. The quantitative estimate of drug-likeness (QED) is 0.679. The average molecular weight is 322 g/mol. The molecule has 0 aliphatic heterocycles. The summed E-state index contributed by atoms with van der Waals surface area (Å²) in [5.74, 6) is -0.120. The molecule has 3 nitrogen and oxygen atoms in total. The number of fused-ring (bicyclic) bond motifs is 1. The van der Waals surface area contributed by atoms with Crippen LogP contribution in [-0.2, 0) is 5.41 Å². The van der Waals surface area contributed by atoms with E-state index in [4.69, 9.17) is 4.42 Å². The zero-order chi connectivity index (χ0) is 17.6. The van der Waals surface area contributed by atoms with Crippen molar-refractivity contribution >= 4 is 11.0 Å². The zero-order valence-corrected chi connectivity index (χ0v) is 14.7. The smallest absolute Gasteiger partial charge is 0.235 e. The topological polar surface area (TPSA) is 50.4 Å². The number of benzene rings is 2. The van der Waals surface area contributed by atoms with Crippen LogP contribution in [0.2, 0.25) is 0 Å². The van der Waals surface area contributed by atoms with Crippen LogP contribution in [0.1, 0.15) is 37.5 Å². The lowest BCUT2D eigenvalue weighted by atomic mass is 9.86.